The number of piperidine rings is 1. The van der Waals surface area contributed by atoms with Crippen LogP contribution < -0.4 is 15.4 Å². The summed E-state index contributed by atoms with van der Waals surface area (Å²) in [5, 5.41) is 19.4. The van der Waals surface area contributed by atoms with Crippen molar-refractivity contribution in [2.24, 2.45) is 7.05 Å². The van der Waals surface area contributed by atoms with E-state index in [-0.39, 0.29) is 34.3 Å². The average molecular weight is 618 g/mol. The second kappa shape index (κ2) is 12.7. The molecule has 1 aliphatic heterocycles. The monoisotopic (exact) mass is 617 g/mol. The zero-order valence-corrected chi connectivity index (χ0v) is 26.2. The van der Waals surface area contributed by atoms with Gasteiger partial charge in [0.15, 0.2) is 5.82 Å². The van der Waals surface area contributed by atoms with Crippen LogP contribution in [-0.4, -0.2) is 75.8 Å². The van der Waals surface area contributed by atoms with Crippen LogP contribution in [0.4, 0.5) is 23.1 Å². The van der Waals surface area contributed by atoms with Crippen LogP contribution in [0.25, 0.3) is 0 Å². The standard InChI is InChI=1S/C29H40ClN7O4S/c1-18(2)42(39,40)28-25(17-36(4)35-28)32-27-23(30)16-31-29(34-27)33-24-14-19(3)22(15-26(24)41-21-6-5-7-21)20-8-10-37(11-9-20)12-13-38/h14-18,20-21,38H,5-13H2,1-4H3,(H2,31,32,33,34). The fourth-order valence-electron chi connectivity index (χ4n) is 5.37. The maximum atomic E-state index is 12.9. The fraction of sp³-hybridized carbons (Fsp3) is 0.552. The van der Waals surface area contributed by atoms with Crippen LogP contribution in [0.3, 0.4) is 0 Å². The molecule has 0 radical (unpaired) electrons. The predicted octanol–water partition coefficient (Wildman–Crippen LogP) is 4.94. The van der Waals surface area contributed by atoms with Gasteiger partial charge in [0.2, 0.25) is 20.8 Å². The van der Waals surface area contributed by atoms with Crippen molar-refractivity contribution < 1.29 is 18.3 Å². The molecule has 3 aromatic rings. The van der Waals surface area contributed by atoms with E-state index >= 15 is 0 Å². The van der Waals surface area contributed by atoms with Gasteiger partial charge in [-0.25, -0.2) is 13.4 Å². The van der Waals surface area contributed by atoms with E-state index in [4.69, 9.17) is 16.3 Å². The lowest BCUT2D eigenvalue weighted by atomic mass is 9.86. The Morgan fingerprint density at radius 2 is 1.88 bits per heavy atom. The van der Waals surface area contributed by atoms with E-state index in [1.165, 1.54) is 16.4 Å². The number of hydrogen-bond donors (Lipinski definition) is 3. The first-order valence-electron chi connectivity index (χ1n) is 14.5. The molecular weight excluding hydrogens is 578 g/mol. The quantitative estimate of drug-likeness (QED) is 0.271. The van der Waals surface area contributed by atoms with Crippen molar-refractivity contribution in [3.8, 4) is 5.75 Å². The van der Waals surface area contributed by atoms with Gasteiger partial charge >= 0.3 is 0 Å². The number of aliphatic hydroxyl groups is 1. The zero-order valence-electron chi connectivity index (χ0n) is 24.6. The third kappa shape index (κ3) is 6.66. The number of aromatic nitrogens is 4. The Bertz CT molecular complexity index is 1520. The number of ether oxygens (including phenoxy) is 1. The van der Waals surface area contributed by atoms with Crippen LogP contribution >= 0.6 is 11.6 Å². The lowest BCUT2D eigenvalue weighted by molar-refractivity contribution is 0.121. The Hall–Kier alpha value is -2.93. The van der Waals surface area contributed by atoms with E-state index < -0.39 is 15.1 Å². The van der Waals surface area contributed by atoms with E-state index in [2.05, 4.69) is 49.7 Å². The first kappa shape index (κ1) is 30.5. The molecule has 2 aromatic heterocycles. The molecule has 0 unspecified atom stereocenters. The summed E-state index contributed by atoms with van der Waals surface area (Å²) in [5.41, 5.74) is 3.49. The van der Waals surface area contributed by atoms with Crippen LogP contribution in [0, 0.1) is 6.92 Å². The maximum absolute atomic E-state index is 12.9. The van der Waals surface area contributed by atoms with Gasteiger partial charge in [0.25, 0.3) is 0 Å². The van der Waals surface area contributed by atoms with E-state index in [0.717, 1.165) is 68.7 Å². The molecule has 1 aliphatic carbocycles. The highest BCUT2D eigenvalue weighted by molar-refractivity contribution is 7.92. The SMILES string of the molecule is Cc1cc(Nc2ncc(Cl)c(Nc3cn(C)nc3S(=O)(=O)C(C)C)n2)c(OC2CCC2)cc1C1CCN(CCO)CC1. The van der Waals surface area contributed by atoms with Crippen LogP contribution in [0.2, 0.25) is 5.02 Å². The van der Waals surface area contributed by atoms with Gasteiger partial charge in [0.05, 0.1) is 35.5 Å². The number of halogens is 1. The first-order chi connectivity index (χ1) is 20.0. The summed E-state index contributed by atoms with van der Waals surface area (Å²) in [5.74, 6) is 1.74. The molecule has 228 valence electrons. The Morgan fingerprint density at radius 3 is 2.52 bits per heavy atom. The van der Waals surface area contributed by atoms with Gasteiger partial charge in [-0.15, -0.1) is 0 Å². The number of hydrogen-bond acceptors (Lipinski definition) is 10. The van der Waals surface area contributed by atoms with Crippen molar-refractivity contribution in [1.29, 1.82) is 0 Å². The normalized spacial score (nSPS) is 16.9. The lowest BCUT2D eigenvalue weighted by Gasteiger charge is -2.33. The minimum absolute atomic E-state index is 0.0613. The van der Waals surface area contributed by atoms with E-state index in [9.17, 15) is 13.5 Å². The molecular formula is C29H40ClN7O4S. The van der Waals surface area contributed by atoms with Crippen molar-refractivity contribution in [3.63, 3.8) is 0 Å². The van der Waals surface area contributed by atoms with Gasteiger partial charge in [0, 0.05) is 19.8 Å². The lowest BCUT2D eigenvalue weighted by Crippen LogP contribution is -2.35. The van der Waals surface area contributed by atoms with Crippen molar-refractivity contribution in [2.45, 2.75) is 75.2 Å². The molecule has 0 spiro atoms. The molecule has 2 aliphatic rings. The highest BCUT2D eigenvalue weighted by Crippen LogP contribution is 2.39. The first-order valence-corrected chi connectivity index (χ1v) is 16.5. The molecule has 1 saturated heterocycles. The summed E-state index contributed by atoms with van der Waals surface area (Å²) in [7, 11) is -1.98. The minimum Gasteiger partial charge on any atom is -0.488 e. The molecule has 11 nitrogen and oxygen atoms in total. The summed E-state index contributed by atoms with van der Waals surface area (Å²) < 4.78 is 33.7. The third-order valence-electron chi connectivity index (χ3n) is 8.09. The smallest absolute Gasteiger partial charge is 0.229 e. The maximum Gasteiger partial charge on any atom is 0.229 e. The number of likely N-dealkylation sites (tertiary alicyclic amines) is 1. The Kier molecular flexibility index (Phi) is 9.26. The van der Waals surface area contributed by atoms with Gasteiger partial charge in [0.1, 0.15) is 10.8 Å². The molecule has 0 atom stereocenters. The molecule has 0 amide bonds. The van der Waals surface area contributed by atoms with Gasteiger partial charge in [-0.05, 0) is 95.1 Å². The van der Waals surface area contributed by atoms with Crippen molar-refractivity contribution in [2.75, 3.05) is 36.9 Å². The van der Waals surface area contributed by atoms with Crippen molar-refractivity contribution >= 4 is 44.6 Å². The zero-order chi connectivity index (χ0) is 30.0. The second-order valence-electron chi connectivity index (χ2n) is 11.5. The average Bonchev–Trinajstić information content (AvgIpc) is 3.30. The molecule has 3 N–H and O–H groups in total. The Labute approximate surface area is 252 Å². The number of rotatable bonds is 11. The van der Waals surface area contributed by atoms with Crippen molar-refractivity contribution in [3.05, 3.63) is 40.7 Å². The molecule has 42 heavy (non-hydrogen) atoms. The molecule has 0 bridgehead atoms. The largest absolute Gasteiger partial charge is 0.488 e. The Balaban J connectivity index is 1.41. The van der Waals surface area contributed by atoms with Gasteiger partial charge in [-0.3, -0.25) is 4.68 Å². The number of nitrogens with one attached hydrogen (secondary N) is 2. The molecule has 5 rings (SSSR count). The highest BCUT2D eigenvalue weighted by Gasteiger charge is 2.28. The second-order valence-corrected chi connectivity index (χ2v) is 14.3. The predicted molar refractivity (Wildman–Crippen MR) is 164 cm³/mol. The number of benzene rings is 1. The minimum atomic E-state index is -3.64. The molecule has 3 heterocycles. The number of aliphatic hydroxyl groups excluding tert-OH is 1. The van der Waals surface area contributed by atoms with E-state index in [1.807, 2.05) is 0 Å². The fourth-order valence-corrected chi connectivity index (χ4v) is 6.60. The van der Waals surface area contributed by atoms with Gasteiger partial charge < -0.3 is 25.4 Å². The molecule has 1 saturated carbocycles. The Morgan fingerprint density at radius 1 is 1.14 bits per heavy atom. The number of sulfone groups is 1. The van der Waals surface area contributed by atoms with Crippen LogP contribution in [0.5, 0.6) is 5.75 Å². The number of β-amino-alcohol motifs (C(OH)–C–C–N with tert-alkyl or cyclic N) is 1. The highest BCUT2D eigenvalue weighted by atomic mass is 35.5. The summed E-state index contributed by atoms with van der Waals surface area (Å²) >= 11 is 6.44. The third-order valence-corrected chi connectivity index (χ3v) is 10.4. The van der Waals surface area contributed by atoms with E-state index in [0.29, 0.717) is 11.9 Å². The summed E-state index contributed by atoms with van der Waals surface area (Å²) in [4.78, 5) is 11.3. The molecule has 2 fully saturated rings. The number of anilines is 4. The van der Waals surface area contributed by atoms with Crippen LogP contribution in [-0.2, 0) is 16.9 Å². The van der Waals surface area contributed by atoms with Crippen LogP contribution in [0.1, 0.15) is 63.0 Å². The molecule has 1 aromatic carbocycles. The topological polar surface area (TPSA) is 134 Å². The van der Waals surface area contributed by atoms with Gasteiger partial charge in [-0.1, -0.05) is 11.6 Å². The summed E-state index contributed by atoms with van der Waals surface area (Å²) in [6.07, 6.45) is 8.53. The summed E-state index contributed by atoms with van der Waals surface area (Å²) in [6.45, 7) is 8.19. The summed E-state index contributed by atoms with van der Waals surface area (Å²) in [6, 6.07) is 4.25. The molecule has 13 heteroatoms. The van der Waals surface area contributed by atoms with Gasteiger partial charge in [-0.2, -0.15) is 10.1 Å². The number of aryl methyl sites for hydroxylation is 2. The number of nitrogens with zero attached hydrogens (tertiary/aromatic N) is 5. The van der Waals surface area contributed by atoms with Crippen LogP contribution in [0.15, 0.2) is 29.6 Å². The van der Waals surface area contributed by atoms with E-state index in [1.54, 1.807) is 27.1 Å². The van der Waals surface area contributed by atoms with Crippen molar-refractivity contribution in [1.82, 2.24) is 24.6 Å².